The Labute approximate surface area is 192 Å². The maximum atomic E-state index is 13.1. The number of nitrogens with zero attached hydrogens (tertiary/aromatic N) is 4. The number of pyridine rings is 1. The minimum absolute atomic E-state index is 0.216. The molecule has 0 unspecified atom stereocenters. The van der Waals surface area contributed by atoms with Gasteiger partial charge in [-0.1, -0.05) is 29.4 Å². The van der Waals surface area contributed by atoms with E-state index in [-0.39, 0.29) is 10.8 Å². The quantitative estimate of drug-likeness (QED) is 0.594. The van der Waals surface area contributed by atoms with Crippen LogP contribution in [0.5, 0.6) is 0 Å². The number of aryl methyl sites for hydroxylation is 1. The molecule has 1 aromatic carbocycles. The van der Waals surface area contributed by atoms with E-state index in [1.165, 1.54) is 11.2 Å². The maximum absolute atomic E-state index is 13.1. The van der Waals surface area contributed by atoms with E-state index in [9.17, 15) is 13.2 Å². The highest BCUT2D eigenvalue weighted by Crippen LogP contribution is 2.24. The van der Waals surface area contributed by atoms with E-state index in [2.05, 4.69) is 20.4 Å². The van der Waals surface area contributed by atoms with E-state index in [1.807, 2.05) is 18.2 Å². The van der Waals surface area contributed by atoms with Gasteiger partial charge in [-0.05, 0) is 42.8 Å². The van der Waals surface area contributed by atoms with E-state index in [4.69, 9.17) is 4.52 Å². The van der Waals surface area contributed by atoms with Gasteiger partial charge in [0.25, 0.3) is 0 Å². The zero-order chi connectivity index (χ0) is 23.4. The van der Waals surface area contributed by atoms with Crippen molar-refractivity contribution in [1.29, 1.82) is 0 Å². The van der Waals surface area contributed by atoms with Crippen LogP contribution < -0.4 is 10.2 Å². The third kappa shape index (κ3) is 5.12. The molecule has 0 bridgehead atoms. The molecule has 1 aliphatic heterocycles. The van der Waals surface area contributed by atoms with Gasteiger partial charge >= 0.3 is 0 Å². The third-order valence-electron chi connectivity index (χ3n) is 5.35. The van der Waals surface area contributed by atoms with Crippen molar-refractivity contribution < 1.29 is 17.7 Å². The predicted octanol–water partition coefficient (Wildman–Crippen LogP) is 3.02. The van der Waals surface area contributed by atoms with Gasteiger partial charge in [0.15, 0.2) is 5.76 Å². The molecule has 172 valence electrons. The average molecular weight is 468 g/mol. The molecular formula is C23H25N5O4S. The monoisotopic (exact) mass is 467 g/mol. The van der Waals surface area contributed by atoms with E-state index >= 15 is 0 Å². The van der Waals surface area contributed by atoms with Gasteiger partial charge in [-0.15, -0.1) is 0 Å². The Morgan fingerprint density at radius 2 is 1.79 bits per heavy atom. The fourth-order valence-corrected chi connectivity index (χ4v) is 5.02. The summed E-state index contributed by atoms with van der Waals surface area (Å²) in [6.07, 6.45) is 5.19. The summed E-state index contributed by atoms with van der Waals surface area (Å²) in [6.45, 7) is 5.13. The van der Waals surface area contributed by atoms with E-state index in [0.29, 0.717) is 43.3 Å². The second-order valence-electron chi connectivity index (χ2n) is 7.67. The average Bonchev–Trinajstić information content (AvgIpc) is 3.17. The van der Waals surface area contributed by atoms with Crippen molar-refractivity contribution in [3.63, 3.8) is 0 Å². The zero-order valence-electron chi connectivity index (χ0n) is 18.4. The first-order valence-corrected chi connectivity index (χ1v) is 12.0. The first-order chi connectivity index (χ1) is 15.8. The molecular weight excluding hydrogens is 442 g/mol. The fraction of sp³-hybridized carbons (Fsp3) is 0.261. The Morgan fingerprint density at radius 1 is 1.06 bits per heavy atom. The summed E-state index contributed by atoms with van der Waals surface area (Å²) < 4.78 is 32.9. The summed E-state index contributed by atoms with van der Waals surface area (Å²) in [5.41, 5.74) is 1.88. The number of benzene rings is 1. The zero-order valence-corrected chi connectivity index (χ0v) is 19.2. The summed E-state index contributed by atoms with van der Waals surface area (Å²) in [6, 6.07) is 12.4. The molecule has 0 atom stereocenters. The predicted molar refractivity (Wildman–Crippen MR) is 126 cm³/mol. The van der Waals surface area contributed by atoms with Crippen LogP contribution in [0.25, 0.3) is 12.2 Å². The molecule has 9 nitrogen and oxygen atoms in total. The largest absolute Gasteiger partial charge is 0.354 e. The Balaban J connectivity index is 1.43. The highest BCUT2D eigenvalue weighted by molar-refractivity contribution is 7.89. The van der Waals surface area contributed by atoms with Crippen molar-refractivity contribution in [3.05, 3.63) is 65.7 Å². The number of nitrogens with one attached hydrogen (secondary N) is 1. The lowest BCUT2D eigenvalue weighted by molar-refractivity contribution is -0.114. The van der Waals surface area contributed by atoms with E-state index in [0.717, 1.165) is 11.4 Å². The number of hydrogen-bond acceptors (Lipinski definition) is 7. The van der Waals surface area contributed by atoms with Crippen molar-refractivity contribution >= 4 is 39.6 Å². The first-order valence-electron chi connectivity index (χ1n) is 10.5. The van der Waals surface area contributed by atoms with Gasteiger partial charge in [0.2, 0.25) is 15.9 Å². The standard InChI is InChI=1S/C23H25N5O4S/c1-17-23(25-18(2)29)21(32-26-17)11-8-19-6-9-20(10-7-19)33(30,31)28-15-13-27(14-16-28)22-5-3-4-12-24-22/h3-12H,13-16H2,1-2H3,(H,25,29). The normalized spacial score (nSPS) is 15.2. The molecule has 33 heavy (non-hydrogen) atoms. The van der Waals surface area contributed by atoms with Gasteiger partial charge in [-0.25, -0.2) is 13.4 Å². The number of amides is 1. The Morgan fingerprint density at radius 3 is 2.42 bits per heavy atom. The van der Waals surface area contributed by atoms with E-state index in [1.54, 1.807) is 49.5 Å². The summed E-state index contributed by atoms with van der Waals surface area (Å²) in [7, 11) is -3.58. The number of piperazine rings is 1. The first kappa shape index (κ1) is 22.7. The molecule has 1 amide bonds. The molecule has 2 aromatic heterocycles. The smallest absolute Gasteiger partial charge is 0.243 e. The van der Waals surface area contributed by atoms with Gasteiger partial charge in [0.1, 0.15) is 17.2 Å². The van der Waals surface area contributed by atoms with Gasteiger partial charge in [-0.2, -0.15) is 4.31 Å². The van der Waals surface area contributed by atoms with Crippen LogP contribution in [0.4, 0.5) is 11.5 Å². The summed E-state index contributed by atoms with van der Waals surface area (Å²) in [5.74, 6) is 1.06. The minimum Gasteiger partial charge on any atom is -0.354 e. The SMILES string of the molecule is CC(=O)Nc1c(C)noc1C=Cc1ccc(S(=O)(=O)N2CCN(c3ccccn3)CC2)cc1. The molecule has 0 spiro atoms. The van der Waals surface area contributed by atoms with Crippen LogP contribution in [0.1, 0.15) is 23.9 Å². The summed E-state index contributed by atoms with van der Waals surface area (Å²) in [5, 5.41) is 6.57. The van der Waals surface area contributed by atoms with Crippen molar-refractivity contribution in [3.8, 4) is 0 Å². The minimum atomic E-state index is -3.58. The van der Waals surface area contributed by atoms with Crippen LogP contribution in [-0.4, -0.2) is 54.9 Å². The summed E-state index contributed by atoms with van der Waals surface area (Å²) >= 11 is 0. The molecule has 1 fully saturated rings. The van der Waals surface area contributed by atoms with Crippen LogP contribution in [0.2, 0.25) is 0 Å². The number of rotatable bonds is 6. The molecule has 1 saturated heterocycles. The Kier molecular flexibility index (Phi) is 6.57. The molecule has 1 aliphatic rings. The molecule has 0 aliphatic carbocycles. The Hall–Kier alpha value is -3.50. The van der Waals surface area contributed by atoms with Gasteiger partial charge in [0.05, 0.1) is 4.90 Å². The van der Waals surface area contributed by atoms with Crippen molar-refractivity contribution in [2.75, 3.05) is 36.4 Å². The number of carbonyl (C=O) groups is 1. The van der Waals surface area contributed by atoms with Crippen molar-refractivity contribution in [1.82, 2.24) is 14.4 Å². The number of anilines is 2. The number of sulfonamides is 1. The highest BCUT2D eigenvalue weighted by atomic mass is 32.2. The molecule has 10 heteroatoms. The third-order valence-corrected chi connectivity index (χ3v) is 7.26. The lowest BCUT2D eigenvalue weighted by Crippen LogP contribution is -2.48. The van der Waals surface area contributed by atoms with E-state index < -0.39 is 10.0 Å². The van der Waals surface area contributed by atoms with Gasteiger partial charge in [-0.3, -0.25) is 4.79 Å². The van der Waals surface area contributed by atoms with Crippen molar-refractivity contribution in [2.24, 2.45) is 0 Å². The number of carbonyl (C=O) groups excluding carboxylic acids is 1. The molecule has 0 saturated carbocycles. The van der Waals surface area contributed by atoms with Crippen LogP contribution >= 0.6 is 0 Å². The lowest BCUT2D eigenvalue weighted by Gasteiger charge is -2.34. The second-order valence-corrected chi connectivity index (χ2v) is 9.61. The number of aromatic nitrogens is 2. The fourth-order valence-electron chi connectivity index (χ4n) is 3.60. The molecule has 3 heterocycles. The van der Waals surface area contributed by atoms with Gasteiger partial charge in [0, 0.05) is 39.3 Å². The van der Waals surface area contributed by atoms with Gasteiger partial charge < -0.3 is 14.7 Å². The maximum Gasteiger partial charge on any atom is 0.243 e. The van der Waals surface area contributed by atoms with Crippen LogP contribution in [0.3, 0.4) is 0 Å². The Bertz CT molecular complexity index is 1250. The van der Waals surface area contributed by atoms with Crippen LogP contribution in [0, 0.1) is 6.92 Å². The number of hydrogen-bond donors (Lipinski definition) is 1. The second kappa shape index (κ2) is 9.55. The van der Waals surface area contributed by atoms with Crippen molar-refractivity contribution in [2.45, 2.75) is 18.7 Å². The molecule has 0 radical (unpaired) electrons. The highest BCUT2D eigenvalue weighted by Gasteiger charge is 2.28. The molecule has 4 rings (SSSR count). The molecule has 1 N–H and O–H groups in total. The van der Waals surface area contributed by atoms with Crippen LogP contribution in [-0.2, 0) is 14.8 Å². The molecule has 3 aromatic rings. The summed E-state index contributed by atoms with van der Waals surface area (Å²) in [4.78, 5) is 18.0. The van der Waals surface area contributed by atoms with Crippen LogP contribution in [0.15, 0.2) is 58.1 Å². The topological polar surface area (TPSA) is 109 Å². The lowest BCUT2D eigenvalue weighted by atomic mass is 10.2.